The molecule has 114 valence electrons. The number of carbonyl (C=O) groups is 1. The van der Waals surface area contributed by atoms with Gasteiger partial charge in [0, 0.05) is 12.7 Å². The number of benzene rings is 1. The van der Waals surface area contributed by atoms with Crippen LogP contribution in [0.1, 0.15) is 10.4 Å². The number of thiophene rings is 1. The van der Waals surface area contributed by atoms with E-state index < -0.39 is 0 Å². The fourth-order valence-electron chi connectivity index (χ4n) is 2.08. The van der Waals surface area contributed by atoms with Crippen molar-refractivity contribution in [3.05, 3.63) is 47.6 Å². The van der Waals surface area contributed by atoms with Gasteiger partial charge in [0.1, 0.15) is 6.33 Å². The van der Waals surface area contributed by atoms with Gasteiger partial charge in [-0.15, -0.1) is 23.7 Å². The fourth-order valence-corrected chi connectivity index (χ4v) is 2.95. The van der Waals surface area contributed by atoms with Crippen molar-refractivity contribution in [2.75, 3.05) is 19.1 Å². The molecule has 7 heteroatoms. The van der Waals surface area contributed by atoms with Crippen molar-refractivity contribution >= 4 is 51.4 Å². The molecule has 3 aromatic rings. The topological polar surface area (TPSA) is 55.3 Å². The molecule has 0 spiro atoms. The minimum Gasteiger partial charge on any atom is -0.465 e. The number of hydrogen-bond acceptors (Lipinski definition) is 6. The van der Waals surface area contributed by atoms with Crippen molar-refractivity contribution in [2.45, 2.75) is 0 Å². The summed E-state index contributed by atoms with van der Waals surface area (Å²) >= 11 is 1.61. The van der Waals surface area contributed by atoms with Gasteiger partial charge in [-0.25, -0.2) is 14.8 Å². The number of halogens is 1. The standard InChI is InChI=1S/C15H13N3O2S.ClH/c1-18(11-5-3-10(4-6-11)15(19)20-2)14-13-12(7-8-21-13)16-9-17-14;/h3-9H,1-2H3;1H. The maximum atomic E-state index is 11.4. The van der Waals surface area contributed by atoms with Gasteiger partial charge in [0.15, 0.2) is 5.82 Å². The van der Waals surface area contributed by atoms with Crippen molar-refractivity contribution in [3.8, 4) is 0 Å². The summed E-state index contributed by atoms with van der Waals surface area (Å²) in [5.74, 6) is 0.507. The zero-order chi connectivity index (χ0) is 14.8. The van der Waals surface area contributed by atoms with Crippen LogP contribution in [0.4, 0.5) is 11.5 Å². The molecule has 0 N–H and O–H groups in total. The van der Waals surface area contributed by atoms with E-state index in [1.165, 1.54) is 7.11 Å². The van der Waals surface area contributed by atoms with E-state index >= 15 is 0 Å². The summed E-state index contributed by atoms with van der Waals surface area (Å²) < 4.78 is 5.74. The smallest absolute Gasteiger partial charge is 0.337 e. The Labute approximate surface area is 138 Å². The van der Waals surface area contributed by atoms with E-state index in [4.69, 9.17) is 4.74 Å². The third kappa shape index (κ3) is 2.88. The number of fused-ring (bicyclic) bond motifs is 1. The third-order valence-electron chi connectivity index (χ3n) is 3.22. The van der Waals surface area contributed by atoms with E-state index in [-0.39, 0.29) is 18.4 Å². The second-order valence-corrected chi connectivity index (χ2v) is 5.35. The summed E-state index contributed by atoms with van der Waals surface area (Å²) in [5, 5.41) is 2.00. The number of anilines is 2. The van der Waals surface area contributed by atoms with Crippen molar-refractivity contribution in [1.82, 2.24) is 9.97 Å². The average Bonchev–Trinajstić information content (AvgIpc) is 3.02. The summed E-state index contributed by atoms with van der Waals surface area (Å²) in [6.45, 7) is 0. The predicted molar refractivity (Wildman–Crippen MR) is 90.5 cm³/mol. The van der Waals surface area contributed by atoms with Crippen LogP contribution in [0, 0.1) is 0 Å². The zero-order valence-corrected chi connectivity index (χ0v) is 13.6. The first kappa shape index (κ1) is 16.2. The number of hydrogen-bond donors (Lipinski definition) is 0. The van der Waals surface area contributed by atoms with E-state index in [9.17, 15) is 4.79 Å². The van der Waals surface area contributed by atoms with Gasteiger partial charge in [0.25, 0.3) is 0 Å². The lowest BCUT2D eigenvalue weighted by Gasteiger charge is -2.18. The molecule has 0 saturated carbocycles. The number of methoxy groups -OCH3 is 1. The van der Waals surface area contributed by atoms with Gasteiger partial charge in [-0.2, -0.15) is 0 Å². The summed E-state index contributed by atoms with van der Waals surface area (Å²) in [5.41, 5.74) is 2.40. The highest BCUT2D eigenvalue weighted by Gasteiger charge is 2.12. The summed E-state index contributed by atoms with van der Waals surface area (Å²) in [4.78, 5) is 22.0. The molecule has 0 atom stereocenters. The highest BCUT2D eigenvalue weighted by molar-refractivity contribution is 7.17. The molecule has 2 heterocycles. The molecule has 0 aliphatic carbocycles. The van der Waals surface area contributed by atoms with Gasteiger partial charge in [-0.3, -0.25) is 0 Å². The lowest BCUT2D eigenvalue weighted by molar-refractivity contribution is 0.0601. The Kier molecular flexibility index (Phi) is 4.95. The van der Waals surface area contributed by atoms with Crippen molar-refractivity contribution < 1.29 is 9.53 Å². The Morgan fingerprint density at radius 3 is 2.59 bits per heavy atom. The number of rotatable bonds is 3. The Bertz CT molecular complexity index is 789. The molecule has 0 fully saturated rings. The van der Waals surface area contributed by atoms with E-state index in [2.05, 4.69) is 9.97 Å². The summed E-state index contributed by atoms with van der Waals surface area (Å²) in [6.07, 6.45) is 1.56. The molecule has 0 saturated heterocycles. The molecule has 2 aromatic heterocycles. The zero-order valence-electron chi connectivity index (χ0n) is 12.0. The van der Waals surface area contributed by atoms with E-state index in [0.717, 1.165) is 21.7 Å². The molecular formula is C15H14ClN3O2S. The van der Waals surface area contributed by atoms with Crippen molar-refractivity contribution in [1.29, 1.82) is 0 Å². The summed E-state index contributed by atoms with van der Waals surface area (Å²) in [7, 11) is 3.31. The van der Waals surface area contributed by atoms with Crippen LogP contribution in [0.5, 0.6) is 0 Å². The van der Waals surface area contributed by atoms with E-state index in [0.29, 0.717) is 5.56 Å². The second-order valence-electron chi connectivity index (χ2n) is 4.43. The second kappa shape index (κ2) is 6.72. The normalized spacial score (nSPS) is 10.1. The van der Waals surface area contributed by atoms with Crippen LogP contribution in [0.15, 0.2) is 42.0 Å². The molecule has 22 heavy (non-hydrogen) atoms. The SMILES string of the molecule is COC(=O)c1ccc(N(C)c2ncnc3ccsc23)cc1.Cl. The van der Waals surface area contributed by atoms with Crippen LogP contribution in [-0.4, -0.2) is 30.1 Å². The third-order valence-corrected chi connectivity index (χ3v) is 4.12. The van der Waals surface area contributed by atoms with Crippen LogP contribution in [-0.2, 0) is 4.74 Å². The Morgan fingerprint density at radius 1 is 1.18 bits per heavy atom. The fraction of sp³-hybridized carbons (Fsp3) is 0.133. The van der Waals surface area contributed by atoms with Crippen LogP contribution in [0.25, 0.3) is 10.2 Å². The predicted octanol–water partition coefficient (Wildman–Crippen LogP) is 3.67. The number of esters is 1. The lowest BCUT2D eigenvalue weighted by Crippen LogP contribution is -2.12. The van der Waals surface area contributed by atoms with Crippen LogP contribution in [0.3, 0.4) is 0 Å². The number of carbonyl (C=O) groups excluding carboxylic acids is 1. The minimum absolute atomic E-state index is 0. The number of nitrogens with zero attached hydrogens (tertiary/aromatic N) is 3. The largest absolute Gasteiger partial charge is 0.465 e. The molecule has 0 radical (unpaired) electrons. The molecular weight excluding hydrogens is 322 g/mol. The molecule has 1 aromatic carbocycles. The van der Waals surface area contributed by atoms with Crippen molar-refractivity contribution in [2.24, 2.45) is 0 Å². The number of ether oxygens (including phenoxy) is 1. The number of aromatic nitrogens is 2. The monoisotopic (exact) mass is 335 g/mol. The van der Waals surface area contributed by atoms with Gasteiger partial charge >= 0.3 is 5.97 Å². The maximum Gasteiger partial charge on any atom is 0.337 e. The van der Waals surface area contributed by atoms with Gasteiger partial charge in [0.2, 0.25) is 0 Å². The Morgan fingerprint density at radius 2 is 1.91 bits per heavy atom. The van der Waals surface area contributed by atoms with E-state index in [1.807, 2.05) is 35.5 Å². The lowest BCUT2D eigenvalue weighted by atomic mass is 10.2. The minimum atomic E-state index is -0.341. The van der Waals surface area contributed by atoms with E-state index in [1.54, 1.807) is 29.8 Å². The Hall–Kier alpha value is -2.18. The van der Waals surface area contributed by atoms with Gasteiger partial charge in [-0.05, 0) is 35.7 Å². The first-order valence-corrected chi connectivity index (χ1v) is 7.19. The highest BCUT2D eigenvalue weighted by Crippen LogP contribution is 2.31. The highest BCUT2D eigenvalue weighted by atomic mass is 35.5. The average molecular weight is 336 g/mol. The molecule has 0 aliphatic heterocycles. The van der Waals surface area contributed by atoms with Crippen LogP contribution >= 0.6 is 23.7 Å². The first-order chi connectivity index (χ1) is 10.2. The molecule has 3 rings (SSSR count). The maximum absolute atomic E-state index is 11.4. The summed E-state index contributed by atoms with van der Waals surface area (Å²) in [6, 6.07) is 9.19. The molecule has 5 nitrogen and oxygen atoms in total. The van der Waals surface area contributed by atoms with Gasteiger partial charge < -0.3 is 9.64 Å². The van der Waals surface area contributed by atoms with Crippen molar-refractivity contribution in [3.63, 3.8) is 0 Å². The van der Waals surface area contributed by atoms with Gasteiger partial charge in [0.05, 0.1) is 22.9 Å². The molecule has 0 aliphatic rings. The van der Waals surface area contributed by atoms with Crippen LogP contribution < -0.4 is 4.90 Å². The molecule has 0 amide bonds. The first-order valence-electron chi connectivity index (χ1n) is 6.31. The quantitative estimate of drug-likeness (QED) is 0.683. The Balaban J connectivity index is 0.00000176. The van der Waals surface area contributed by atoms with Gasteiger partial charge in [-0.1, -0.05) is 0 Å². The molecule has 0 unspecified atom stereocenters. The molecule has 0 bridgehead atoms. The van der Waals surface area contributed by atoms with Crippen LogP contribution in [0.2, 0.25) is 0 Å².